The smallest absolute Gasteiger partial charge is 0.307 e. The Hall–Kier alpha value is -2.61. The molecule has 1 aromatic rings. The van der Waals surface area contributed by atoms with E-state index in [2.05, 4.69) is 5.32 Å². The summed E-state index contributed by atoms with van der Waals surface area (Å²) >= 11 is 1.32. The number of carbonyl (C=O) groups excluding carboxylic acids is 3. The highest BCUT2D eigenvalue weighted by molar-refractivity contribution is 8.00. The highest BCUT2D eigenvalue weighted by Crippen LogP contribution is 2.32. The van der Waals surface area contributed by atoms with E-state index in [0.717, 1.165) is 9.80 Å². The van der Waals surface area contributed by atoms with Crippen LogP contribution in [0.3, 0.4) is 0 Å². The predicted molar refractivity (Wildman–Crippen MR) is 100 cm³/mol. The number of hydrogen-bond donors (Lipinski definition) is 2. The van der Waals surface area contributed by atoms with E-state index in [9.17, 15) is 24.3 Å². The van der Waals surface area contributed by atoms with E-state index in [4.69, 9.17) is 0 Å². The number of hydrogen-bond acceptors (Lipinski definition) is 5. The number of rotatable bonds is 5. The number of nitrogens with zero attached hydrogens (tertiary/aromatic N) is 1. The van der Waals surface area contributed by atoms with Gasteiger partial charge in [-0.3, -0.25) is 24.1 Å². The first-order chi connectivity index (χ1) is 12.9. The number of nitrogens with one attached hydrogen (secondary N) is 1. The zero-order valence-electron chi connectivity index (χ0n) is 14.8. The summed E-state index contributed by atoms with van der Waals surface area (Å²) in [6.07, 6.45) is 4.57. The number of anilines is 1. The van der Waals surface area contributed by atoms with Crippen LogP contribution < -0.4 is 5.32 Å². The number of aliphatic carboxylic acids is 1. The van der Waals surface area contributed by atoms with Gasteiger partial charge in [-0.05, 0) is 37.1 Å². The molecule has 2 N–H and O–H groups in total. The van der Waals surface area contributed by atoms with Crippen LogP contribution in [0.15, 0.2) is 41.3 Å². The second-order valence-corrected chi connectivity index (χ2v) is 7.89. The molecule has 3 rings (SSSR count). The normalized spacial score (nSPS) is 24.9. The van der Waals surface area contributed by atoms with Gasteiger partial charge in [-0.1, -0.05) is 12.2 Å². The minimum absolute atomic E-state index is 0.184. The molecule has 1 aromatic carbocycles. The molecule has 1 aliphatic carbocycles. The molecule has 1 saturated heterocycles. The van der Waals surface area contributed by atoms with Crippen LogP contribution in [0.2, 0.25) is 0 Å². The van der Waals surface area contributed by atoms with E-state index >= 15 is 0 Å². The number of amides is 3. The second-order valence-electron chi connectivity index (χ2n) is 6.61. The highest BCUT2D eigenvalue weighted by atomic mass is 32.2. The van der Waals surface area contributed by atoms with Gasteiger partial charge in [0.2, 0.25) is 17.7 Å². The van der Waals surface area contributed by atoms with Gasteiger partial charge in [-0.25, -0.2) is 0 Å². The van der Waals surface area contributed by atoms with Gasteiger partial charge in [-0.2, -0.15) is 0 Å². The Kier molecular flexibility index (Phi) is 5.65. The minimum Gasteiger partial charge on any atom is -0.481 e. The molecule has 8 heteroatoms. The average Bonchev–Trinajstić information content (AvgIpc) is 2.90. The maximum atomic E-state index is 12.5. The van der Waals surface area contributed by atoms with Crippen molar-refractivity contribution in [3.8, 4) is 0 Å². The standard InChI is InChI=1S/C19H20N2O5S/c1-21-16(22)10-15(18(21)24)27-12-8-6-11(7-9-12)20-17(23)13-4-2-3-5-14(13)19(25)26/h2-3,6-9,13-15H,4-5,10H2,1H3,(H,20,23)(H,25,26). The van der Waals surface area contributed by atoms with Crippen molar-refractivity contribution in [2.24, 2.45) is 11.8 Å². The van der Waals surface area contributed by atoms with Crippen molar-refractivity contribution in [1.82, 2.24) is 4.90 Å². The Bertz CT molecular complexity index is 805. The Morgan fingerprint density at radius 1 is 1.11 bits per heavy atom. The van der Waals surface area contributed by atoms with Gasteiger partial charge in [0.05, 0.1) is 17.1 Å². The van der Waals surface area contributed by atoms with E-state index < -0.39 is 23.1 Å². The first-order valence-corrected chi connectivity index (χ1v) is 9.50. The van der Waals surface area contributed by atoms with Gasteiger partial charge < -0.3 is 10.4 Å². The Labute approximate surface area is 160 Å². The van der Waals surface area contributed by atoms with E-state index in [0.29, 0.717) is 18.5 Å². The van der Waals surface area contributed by atoms with Crippen LogP contribution in [0.25, 0.3) is 0 Å². The lowest BCUT2D eigenvalue weighted by Gasteiger charge is -2.24. The Morgan fingerprint density at radius 3 is 2.30 bits per heavy atom. The van der Waals surface area contributed by atoms with Gasteiger partial charge in [0, 0.05) is 24.1 Å². The van der Waals surface area contributed by atoms with Gasteiger partial charge in [0.15, 0.2) is 0 Å². The molecule has 0 spiro atoms. The number of imide groups is 1. The van der Waals surface area contributed by atoms with Gasteiger partial charge in [-0.15, -0.1) is 11.8 Å². The molecule has 0 bridgehead atoms. The number of carboxylic acid groups (broad SMARTS) is 1. The third-order valence-corrected chi connectivity index (χ3v) is 6.02. The van der Waals surface area contributed by atoms with Crippen LogP contribution in [0.5, 0.6) is 0 Å². The van der Waals surface area contributed by atoms with Crippen LogP contribution in [0.1, 0.15) is 19.3 Å². The van der Waals surface area contributed by atoms with Gasteiger partial charge >= 0.3 is 5.97 Å². The lowest BCUT2D eigenvalue weighted by molar-refractivity contribution is -0.146. The Balaban J connectivity index is 1.61. The van der Waals surface area contributed by atoms with Crippen molar-refractivity contribution in [2.75, 3.05) is 12.4 Å². The molecule has 0 aromatic heterocycles. The van der Waals surface area contributed by atoms with Crippen molar-refractivity contribution in [3.05, 3.63) is 36.4 Å². The fourth-order valence-corrected chi connectivity index (χ4v) is 4.31. The van der Waals surface area contributed by atoms with Crippen LogP contribution in [-0.2, 0) is 19.2 Å². The first kappa shape index (κ1) is 19.2. The summed E-state index contributed by atoms with van der Waals surface area (Å²) in [7, 11) is 1.48. The van der Waals surface area contributed by atoms with Crippen LogP contribution >= 0.6 is 11.8 Å². The number of carboxylic acids is 1. The largest absolute Gasteiger partial charge is 0.481 e. The number of carbonyl (C=O) groups is 4. The quantitative estimate of drug-likeness (QED) is 0.592. The molecule has 27 heavy (non-hydrogen) atoms. The summed E-state index contributed by atoms with van der Waals surface area (Å²) in [6, 6.07) is 6.96. The van der Waals surface area contributed by atoms with Crippen LogP contribution in [-0.4, -0.2) is 46.0 Å². The molecule has 3 unspecified atom stereocenters. The molecular weight excluding hydrogens is 368 g/mol. The molecular formula is C19H20N2O5S. The molecule has 3 amide bonds. The summed E-state index contributed by atoms with van der Waals surface area (Å²) in [5.41, 5.74) is 0.564. The van der Waals surface area contributed by atoms with E-state index in [1.807, 2.05) is 6.08 Å². The summed E-state index contributed by atoms with van der Waals surface area (Å²) in [5.74, 6) is -2.98. The van der Waals surface area contributed by atoms with Crippen molar-refractivity contribution in [1.29, 1.82) is 0 Å². The summed E-state index contributed by atoms with van der Waals surface area (Å²) in [6.45, 7) is 0. The first-order valence-electron chi connectivity index (χ1n) is 8.62. The average molecular weight is 388 g/mol. The summed E-state index contributed by atoms with van der Waals surface area (Å²) in [5, 5.41) is 11.6. The minimum atomic E-state index is -0.966. The van der Waals surface area contributed by atoms with Gasteiger partial charge in [0.25, 0.3) is 0 Å². The molecule has 1 heterocycles. The fraction of sp³-hybridized carbons (Fsp3) is 0.368. The monoisotopic (exact) mass is 388 g/mol. The number of benzene rings is 1. The zero-order chi connectivity index (χ0) is 19.6. The maximum Gasteiger partial charge on any atom is 0.307 e. The summed E-state index contributed by atoms with van der Waals surface area (Å²) < 4.78 is 0. The molecule has 1 aliphatic heterocycles. The van der Waals surface area contributed by atoms with E-state index in [-0.39, 0.29) is 24.1 Å². The number of thioether (sulfide) groups is 1. The topological polar surface area (TPSA) is 104 Å². The van der Waals surface area contributed by atoms with E-state index in [1.54, 1.807) is 30.3 Å². The molecule has 0 saturated carbocycles. The molecule has 2 aliphatic rings. The highest BCUT2D eigenvalue weighted by Gasteiger charge is 2.37. The fourth-order valence-electron chi connectivity index (χ4n) is 3.21. The van der Waals surface area contributed by atoms with Crippen molar-refractivity contribution in [2.45, 2.75) is 29.4 Å². The molecule has 7 nitrogen and oxygen atoms in total. The predicted octanol–water partition coefficient (Wildman–Crippen LogP) is 2.14. The maximum absolute atomic E-state index is 12.5. The van der Waals surface area contributed by atoms with Crippen molar-refractivity contribution >= 4 is 41.1 Å². The third kappa shape index (κ3) is 4.21. The summed E-state index contributed by atoms with van der Waals surface area (Å²) in [4.78, 5) is 49.3. The van der Waals surface area contributed by atoms with Crippen molar-refractivity contribution in [3.63, 3.8) is 0 Å². The molecule has 3 atom stereocenters. The SMILES string of the molecule is CN1C(=O)CC(Sc2ccc(NC(=O)C3CC=CCC3C(=O)O)cc2)C1=O. The van der Waals surface area contributed by atoms with Crippen LogP contribution in [0, 0.1) is 11.8 Å². The number of allylic oxidation sites excluding steroid dienone is 2. The molecule has 142 valence electrons. The van der Waals surface area contributed by atoms with Crippen LogP contribution in [0.4, 0.5) is 5.69 Å². The molecule has 0 radical (unpaired) electrons. The number of likely N-dealkylation sites (tertiary alicyclic amines) is 1. The van der Waals surface area contributed by atoms with Gasteiger partial charge in [0.1, 0.15) is 0 Å². The zero-order valence-corrected chi connectivity index (χ0v) is 15.6. The molecule has 1 fully saturated rings. The van der Waals surface area contributed by atoms with Crippen molar-refractivity contribution < 1.29 is 24.3 Å². The van der Waals surface area contributed by atoms with E-state index in [1.165, 1.54) is 18.8 Å². The third-order valence-electron chi connectivity index (χ3n) is 4.83. The lowest BCUT2D eigenvalue weighted by atomic mass is 9.82. The second kappa shape index (κ2) is 7.96. The Morgan fingerprint density at radius 2 is 1.74 bits per heavy atom. The lowest BCUT2D eigenvalue weighted by Crippen LogP contribution is -2.34.